The molecule has 0 bridgehead atoms. The molecule has 0 aliphatic rings. The molecule has 8 heteroatoms. The minimum atomic E-state index is -0.257. The number of carbonyl (C=O) groups is 1. The van der Waals surface area contributed by atoms with Crippen molar-refractivity contribution < 1.29 is 9.53 Å². The van der Waals surface area contributed by atoms with Crippen LogP contribution in [-0.2, 0) is 4.79 Å². The number of aromatic amines is 1. The molecular weight excluding hydrogens is 358 g/mol. The van der Waals surface area contributed by atoms with Crippen LogP contribution in [0.5, 0.6) is 5.75 Å². The van der Waals surface area contributed by atoms with E-state index in [1.165, 1.54) is 12.5 Å². The maximum atomic E-state index is 12.1. The highest BCUT2D eigenvalue weighted by atomic mass is 16.5. The van der Waals surface area contributed by atoms with Gasteiger partial charge in [0.25, 0.3) is 11.5 Å². The van der Waals surface area contributed by atoms with Crippen LogP contribution < -0.4 is 15.6 Å². The summed E-state index contributed by atoms with van der Waals surface area (Å²) in [6.45, 7) is 1.88. The maximum absolute atomic E-state index is 12.1. The maximum Gasteiger partial charge on any atom is 0.262 e. The number of ether oxygens (including phenoxy) is 1. The zero-order chi connectivity index (χ0) is 19.5. The third-order valence-electron chi connectivity index (χ3n) is 4.13. The zero-order valence-corrected chi connectivity index (χ0v) is 15.0. The first-order valence-electron chi connectivity index (χ1n) is 8.61. The summed E-state index contributed by atoms with van der Waals surface area (Å²) in [4.78, 5) is 30.6. The zero-order valence-electron chi connectivity index (χ0n) is 15.0. The van der Waals surface area contributed by atoms with Gasteiger partial charge in [-0.1, -0.05) is 12.1 Å². The van der Waals surface area contributed by atoms with Gasteiger partial charge in [0, 0.05) is 5.69 Å². The van der Waals surface area contributed by atoms with E-state index in [2.05, 4.69) is 20.4 Å². The quantitative estimate of drug-likeness (QED) is 0.558. The number of rotatable bonds is 5. The van der Waals surface area contributed by atoms with Gasteiger partial charge in [-0.05, 0) is 48.9 Å². The molecule has 0 unspecified atom stereocenters. The molecule has 0 aliphatic carbocycles. The Balaban J connectivity index is 1.43. The van der Waals surface area contributed by atoms with E-state index in [0.29, 0.717) is 22.5 Å². The van der Waals surface area contributed by atoms with E-state index >= 15 is 0 Å². The Morgan fingerprint density at radius 3 is 2.82 bits per heavy atom. The van der Waals surface area contributed by atoms with E-state index < -0.39 is 0 Å². The monoisotopic (exact) mass is 375 g/mol. The molecule has 4 rings (SSSR count). The molecule has 0 spiro atoms. The Morgan fingerprint density at radius 2 is 2.04 bits per heavy atom. The van der Waals surface area contributed by atoms with Gasteiger partial charge >= 0.3 is 0 Å². The molecule has 4 aromatic rings. The minimum Gasteiger partial charge on any atom is -0.484 e. The van der Waals surface area contributed by atoms with Crippen LogP contribution in [0.2, 0.25) is 0 Å². The molecule has 0 saturated carbocycles. The summed E-state index contributed by atoms with van der Waals surface area (Å²) in [5.41, 5.74) is 2.64. The van der Waals surface area contributed by atoms with Gasteiger partial charge in [0.1, 0.15) is 11.1 Å². The molecule has 2 aromatic heterocycles. The molecule has 2 N–H and O–H groups in total. The van der Waals surface area contributed by atoms with Crippen molar-refractivity contribution in [1.82, 2.24) is 19.7 Å². The number of anilines is 1. The summed E-state index contributed by atoms with van der Waals surface area (Å²) in [7, 11) is 0. The number of carbonyl (C=O) groups excluding carboxylic acids is 1. The number of H-pyrrole nitrogens is 1. The van der Waals surface area contributed by atoms with Crippen molar-refractivity contribution in [2.75, 3.05) is 11.9 Å². The van der Waals surface area contributed by atoms with Gasteiger partial charge in [0.2, 0.25) is 0 Å². The Hall–Kier alpha value is -3.94. The average Bonchev–Trinajstić information content (AvgIpc) is 3.13. The van der Waals surface area contributed by atoms with Crippen molar-refractivity contribution in [3.63, 3.8) is 0 Å². The second kappa shape index (κ2) is 7.36. The molecule has 0 saturated heterocycles. The van der Waals surface area contributed by atoms with E-state index in [0.717, 1.165) is 11.3 Å². The molecule has 140 valence electrons. The Labute approximate surface area is 159 Å². The average molecular weight is 375 g/mol. The molecule has 0 radical (unpaired) electrons. The highest BCUT2D eigenvalue weighted by Crippen LogP contribution is 2.17. The number of hydrogen-bond donors (Lipinski definition) is 2. The van der Waals surface area contributed by atoms with E-state index in [-0.39, 0.29) is 18.1 Å². The first-order chi connectivity index (χ1) is 13.6. The van der Waals surface area contributed by atoms with E-state index in [1.54, 1.807) is 28.9 Å². The lowest BCUT2D eigenvalue weighted by molar-refractivity contribution is -0.118. The Bertz CT molecular complexity index is 1190. The lowest BCUT2D eigenvalue weighted by Crippen LogP contribution is -2.20. The third kappa shape index (κ3) is 3.61. The Morgan fingerprint density at radius 1 is 1.21 bits per heavy atom. The number of amides is 1. The summed E-state index contributed by atoms with van der Waals surface area (Å²) in [6, 6.07) is 14.6. The number of fused-ring (bicyclic) bond motifs is 1. The van der Waals surface area contributed by atoms with Gasteiger partial charge in [0.15, 0.2) is 12.3 Å². The van der Waals surface area contributed by atoms with Crippen LogP contribution in [0.25, 0.3) is 16.7 Å². The molecule has 0 atom stereocenters. The van der Waals surface area contributed by atoms with Crippen LogP contribution in [0.15, 0.2) is 65.8 Å². The lowest BCUT2D eigenvalue weighted by Gasteiger charge is -2.09. The second-order valence-electron chi connectivity index (χ2n) is 6.23. The van der Waals surface area contributed by atoms with Gasteiger partial charge in [-0.25, -0.2) is 9.67 Å². The fraction of sp³-hybridized carbons (Fsp3) is 0.100. The summed E-state index contributed by atoms with van der Waals surface area (Å²) in [5.74, 6) is 0.394. The van der Waals surface area contributed by atoms with Gasteiger partial charge in [-0.3, -0.25) is 9.59 Å². The summed E-state index contributed by atoms with van der Waals surface area (Å²) in [5, 5.41) is 7.41. The molecule has 2 aromatic carbocycles. The molecular formula is C20H17N5O3. The number of nitrogens with zero attached hydrogens (tertiary/aromatic N) is 3. The fourth-order valence-electron chi connectivity index (χ4n) is 2.78. The standard InChI is InChI=1S/C20H17N5O3/c1-13-3-2-4-16(9-13)28-11-18(26)24-14-5-7-15(8-6-14)25-19-17(10-23-25)20(27)22-12-21-19/h2-10,12H,11H2,1H3,(H,24,26)(H,21,22,27). The summed E-state index contributed by atoms with van der Waals surface area (Å²) >= 11 is 0. The number of aromatic nitrogens is 4. The molecule has 2 heterocycles. The van der Waals surface area contributed by atoms with Crippen molar-refractivity contribution in [3.05, 3.63) is 77.0 Å². The number of aryl methyl sites for hydroxylation is 1. The van der Waals surface area contributed by atoms with Crippen molar-refractivity contribution in [3.8, 4) is 11.4 Å². The number of hydrogen-bond acceptors (Lipinski definition) is 5. The van der Waals surface area contributed by atoms with E-state index in [1.807, 2.05) is 31.2 Å². The normalized spacial score (nSPS) is 10.8. The van der Waals surface area contributed by atoms with Crippen LogP contribution in [0.1, 0.15) is 5.56 Å². The van der Waals surface area contributed by atoms with E-state index in [9.17, 15) is 9.59 Å². The smallest absolute Gasteiger partial charge is 0.262 e. The van der Waals surface area contributed by atoms with E-state index in [4.69, 9.17) is 4.74 Å². The minimum absolute atomic E-state index is 0.0817. The van der Waals surface area contributed by atoms with Crippen molar-refractivity contribution >= 4 is 22.6 Å². The Kier molecular flexibility index (Phi) is 4.59. The lowest BCUT2D eigenvalue weighted by atomic mass is 10.2. The predicted molar refractivity (Wildman–Crippen MR) is 105 cm³/mol. The van der Waals surface area contributed by atoms with Crippen molar-refractivity contribution in [2.24, 2.45) is 0 Å². The van der Waals surface area contributed by atoms with Crippen LogP contribution in [-0.4, -0.2) is 32.3 Å². The molecule has 0 fully saturated rings. The molecule has 28 heavy (non-hydrogen) atoms. The van der Waals surface area contributed by atoms with Gasteiger partial charge < -0.3 is 15.0 Å². The highest BCUT2D eigenvalue weighted by Gasteiger charge is 2.09. The molecule has 8 nitrogen and oxygen atoms in total. The summed E-state index contributed by atoms with van der Waals surface area (Å²) in [6.07, 6.45) is 2.81. The van der Waals surface area contributed by atoms with Crippen LogP contribution >= 0.6 is 0 Å². The first-order valence-corrected chi connectivity index (χ1v) is 8.61. The fourth-order valence-corrected chi connectivity index (χ4v) is 2.78. The summed E-state index contributed by atoms with van der Waals surface area (Å²) < 4.78 is 7.06. The second-order valence-corrected chi connectivity index (χ2v) is 6.23. The van der Waals surface area contributed by atoms with Crippen LogP contribution in [0.3, 0.4) is 0 Å². The number of benzene rings is 2. The van der Waals surface area contributed by atoms with Gasteiger partial charge in [-0.15, -0.1) is 0 Å². The predicted octanol–water partition coefficient (Wildman–Crippen LogP) is 2.43. The third-order valence-corrected chi connectivity index (χ3v) is 4.13. The van der Waals surface area contributed by atoms with Gasteiger partial charge in [0.05, 0.1) is 18.2 Å². The van der Waals surface area contributed by atoms with Crippen molar-refractivity contribution in [2.45, 2.75) is 6.92 Å². The van der Waals surface area contributed by atoms with Crippen LogP contribution in [0.4, 0.5) is 5.69 Å². The number of nitrogens with one attached hydrogen (secondary N) is 2. The van der Waals surface area contributed by atoms with Gasteiger partial charge in [-0.2, -0.15) is 5.10 Å². The topological polar surface area (TPSA) is 102 Å². The highest BCUT2D eigenvalue weighted by molar-refractivity contribution is 5.92. The molecule has 0 aliphatic heterocycles. The SMILES string of the molecule is Cc1cccc(OCC(=O)Nc2ccc(-n3ncc4c(=O)[nH]cnc43)cc2)c1. The molecule has 1 amide bonds. The van der Waals surface area contributed by atoms with Crippen molar-refractivity contribution in [1.29, 1.82) is 0 Å². The van der Waals surface area contributed by atoms with Crippen LogP contribution in [0, 0.1) is 6.92 Å². The first kappa shape index (κ1) is 17.5. The largest absolute Gasteiger partial charge is 0.484 e.